The van der Waals surface area contributed by atoms with E-state index in [9.17, 15) is 13.2 Å². The zero-order valence-corrected chi connectivity index (χ0v) is 12.0. The summed E-state index contributed by atoms with van der Waals surface area (Å²) >= 11 is 0. The fourth-order valence-electron chi connectivity index (χ4n) is 1.68. The van der Waals surface area contributed by atoms with E-state index in [1.165, 1.54) is 54.0 Å². The number of nitriles is 1. The van der Waals surface area contributed by atoms with Crippen LogP contribution in [-0.4, -0.2) is 19.5 Å². The van der Waals surface area contributed by atoms with Crippen molar-refractivity contribution in [3.05, 3.63) is 59.7 Å². The molecule has 0 atom stereocenters. The Hall–Kier alpha value is -2.89. The number of benzene rings is 2. The van der Waals surface area contributed by atoms with Gasteiger partial charge in [-0.15, -0.1) is 0 Å². The molecular formula is C14H11N3O4S. The average molecular weight is 317 g/mol. The van der Waals surface area contributed by atoms with E-state index < -0.39 is 15.9 Å². The molecule has 0 saturated heterocycles. The van der Waals surface area contributed by atoms with Crippen LogP contribution < -0.4 is 10.2 Å². The van der Waals surface area contributed by atoms with E-state index in [0.29, 0.717) is 5.56 Å². The van der Waals surface area contributed by atoms with Crippen molar-refractivity contribution < 1.29 is 18.4 Å². The average Bonchev–Trinajstić information content (AvgIpc) is 2.54. The molecule has 112 valence electrons. The Balaban J connectivity index is 2.21. The van der Waals surface area contributed by atoms with Crippen LogP contribution in [0.1, 0.15) is 15.9 Å². The van der Waals surface area contributed by atoms with E-state index in [-0.39, 0.29) is 16.1 Å². The van der Waals surface area contributed by atoms with E-state index in [0.717, 1.165) is 0 Å². The highest BCUT2D eigenvalue weighted by Gasteiger charge is 2.14. The Bertz CT molecular complexity index is 822. The molecule has 0 fully saturated rings. The fourth-order valence-corrected chi connectivity index (χ4v) is 2.74. The molecular weight excluding hydrogens is 306 g/mol. The summed E-state index contributed by atoms with van der Waals surface area (Å²) in [6, 6.07) is 12.9. The number of hydrogen-bond donors (Lipinski definition) is 3. The van der Waals surface area contributed by atoms with Gasteiger partial charge in [-0.05, 0) is 48.5 Å². The minimum Gasteiger partial charge on any atom is -0.288 e. The van der Waals surface area contributed by atoms with Crippen LogP contribution in [-0.2, 0) is 10.0 Å². The maximum Gasteiger partial charge on any atom is 0.274 e. The molecule has 0 radical (unpaired) electrons. The molecule has 1 amide bonds. The van der Waals surface area contributed by atoms with Gasteiger partial charge in [-0.1, -0.05) is 0 Å². The Morgan fingerprint density at radius 1 is 1.05 bits per heavy atom. The van der Waals surface area contributed by atoms with Crippen molar-refractivity contribution in [2.45, 2.75) is 4.90 Å². The molecule has 0 bridgehead atoms. The van der Waals surface area contributed by atoms with Crippen LogP contribution >= 0.6 is 0 Å². The van der Waals surface area contributed by atoms with Crippen molar-refractivity contribution in [2.24, 2.45) is 0 Å². The summed E-state index contributed by atoms with van der Waals surface area (Å²) in [5.74, 6) is -0.693. The second kappa shape index (κ2) is 6.26. The summed E-state index contributed by atoms with van der Waals surface area (Å²) < 4.78 is 26.7. The van der Waals surface area contributed by atoms with Gasteiger partial charge >= 0.3 is 0 Å². The molecule has 2 aromatic rings. The zero-order chi connectivity index (χ0) is 16.2. The zero-order valence-electron chi connectivity index (χ0n) is 11.1. The number of rotatable bonds is 4. The van der Waals surface area contributed by atoms with Crippen molar-refractivity contribution in [1.82, 2.24) is 5.48 Å². The van der Waals surface area contributed by atoms with Crippen LogP contribution in [0.3, 0.4) is 0 Å². The molecule has 0 aliphatic rings. The summed E-state index contributed by atoms with van der Waals surface area (Å²) in [5.41, 5.74) is 2.29. The summed E-state index contributed by atoms with van der Waals surface area (Å²) in [5, 5.41) is 17.2. The molecule has 3 N–H and O–H groups in total. The van der Waals surface area contributed by atoms with Crippen LogP contribution in [0.25, 0.3) is 0 Å². The first-order valence-corrected chi connectivity index (χ1v) is 7.52. The topological polar surface area (TPSA) is 119 Å². The van der Waals surface area contributed by atoms with Crippen molar-refractivity contribution >= 4 is 21.6 Å². The maximum absolute atomic E-state index is 12.2. The maximum atomic E-state index is 12.2. The van der Waals surface area contributed by atoms with E-state index in [2.05, 4.69) is 4.72 Å². The molecule has 0 aliphatic carbocycles. The van der Waals surface area contributed by atoms with Gasteiger partial charge < -0.3 is 0 Å². The SMILES string of the molecule is N#Cc1ccc(S(=O)(=O)Nc2ccc(C(=O)NO)cc2)cc1. The summed E-state index contributed by atoms with van der Waals surface area (Å²) in [6.45, 7) is 0. The molecule has 7 nitrogen and oxygen atoms in total. The molecule has 0 aliphatic heterocycles. The second-order valence-electron chi connectivity index (χ2n) is 4.26. The van der Waals surface area contributed by atoms with Crippen LogP contribution in [0, 0.1) is 11.3 Å². The van der Waals surface area contributed by atoms with Crippen molar-refractivity contribution in [2.75, 3.05) is 4.72 Å². The number of nitrogens with one attached hydrogen (secondary N) is 2. The van der Waals surface area contributed by atoms with Crippen LogP contribution in [0.15, 0.2) is 53.4 Å². The molecule has 0 heterocycles. The molecule has 0 unspecified atom stereocenters. The van der Waals surface area contributed by atoms with Gasteiger partial charge in [0, 0.05) is 11.3 Å². The lowest BCUT2D eigenvalue weighted by atomic mass is 10.2. The predicted molar refractivity (Wildman–Crippen MR) is 77.7 cm³/mol. The minimum atomic E-state index is -3.79. The Labute approximate surface area is 126 Å². The number of anilines is 1. The Morgan fingerprint density at radius 2 is 1.64 bits per heavy atom. The number of nitrogens with zero attached hydrogens (tertiary/aromatic N) is 1. The van der Waals surface area contributed by atoms with Gasteiger partial charge in [0.25, 0.3) is 15.9 Å². The number of carbonyl (C=O) groups is 1. The van der Waals surface area contributed by atoms with Gasteiger partial charge in [0.2, 0.25) is 0 Å². The smallest absolute Gasteiger partial charge is 0.274 e. The summed E-state index contributed by atoms with van der Waals surface area (Å²) in [4.78, 5) is 11.2. The van der Waals surface area contributed by atoms with Gasteiger partial charge in [-0.2, -0.15) is 5.26 Å². The van der Waals surface area contributed by atoms with Crippen LogP contribution in [0.2, 0.25) is 0 Å². The standard InChI is InChI=1S/C14H11N3O4S/c15-9-10-1-7-13(8-2-10)22(20,21)17-12-5-3-11(4-6-12)14(18)16-19/h1-8,17,19H,(H,16,18). The molecule has 0 saturated carbocycles. The monoisotopic (exact) mass is 317 g/mol. The first kappa shape index (κ1) is 15.5. The normalized spacial score (nSPS) is 10.5. The van der Waals surface area contributed by atoms with Gasteiger partial charge in [0.15, 0.2) is 0 Å². The highest BCUT2D eigenvalue weighted by atomic mass is 32.2. The van der Waals surface area contributed by atoms with E-state index in [1.54, 1.807) is 0 Å². The predicted octanol–water partition coefficient (Wildman–Crippen LogP) is 1.48. The number of carbonyl (C=O) groups excluding carboxylic acids is 1. The number of sulfonamides is 1. The third-order valence-corrected chi connectivity index (χ3v) is 4.19. The first-order valence-electron chi connectivity index (χ1n) is 6.04. The summed E-state index contributed by atoms with van der Waals surface area (Å²) in [6.07, 6.45) is 0. The van der Waals surface area contributed by atoms with Crippen LogP contribution in [0.4, 0.5) is 5.69 Å². The van der Waals surface area contributed by atoms with Gasteiger partial charge in [-0.25, -0.2) is 13.9 Å². The lowest BCUT2D eigenvalue weighted by molar-refractivity contribution is 0.0706. The number of hydroxylamine groups is 1. The lowest BCUT2D eigenvalue weighted by Crippen LogP contribution is -2.18. The minimum absolute atomic E-state index is 0.0173. The molecule has 22 heavy (non-hydrogen) atoms. The third-order valence-electron chi connectivity index (χ3n) is 2.79. The molecule has 2 aromatic carbocycles. The highest BCUT2D eigenvalue weighted by molar-refractivity contribution is 7.92. The third kappa shape index (κ3) is 3.41. The number of amides is 1. The molecule has 0 spiro atoms. The van der Waals surface area contributed by atoms with E-state index in [4.69, 9.17) is 10.5 Å². The quantitative estimate of drug-likeness (QED) is 0.583. The largest absolute Gasteiger partial charge is 0.288 e. The number of hydrogen-bond acceptors (Lipinski definition) is 5. The van der Waals surface area contributed by atoms with E-state index >= 15 is 0 Å². The molecule has 0 aromatic heterocycles. The molecule has 8 heteroatoms. The first-order chi connectivity index (χ1) is 10.5. The fraction of sp³-hybridized carbons (Fsp3) is 0. The van der Waals surface area contributed by atoms with Gasteiger partial charge in [0.1, 0.15) is 0 Å². The van der Waals surface area contributed by atoms with Gasteiger partial charge in [0.05, 0.1) is 16.5 Å². The van der Waals surface area contributed by atoms with E-state index in [1.807, 2.05) is 6.07 Å². The van der Waals surface area contributed by atoms with Crippen molar-refractivity contribution in [1.29, 1.82) is 5.26 Å². The summed E-state index contributed by atoms with van der Waals surface area (Å²) in [7, 11) is -3.79. The highest BCUT2D eigenvalue weighted by Crippen LogP contribution is 2.17. The molecule has 2 rings (SSSR count). The second-order valence-corrected chi connectivity index (χ2v) is 5.94. The Kier molecular flexibility index (Phi) is 4.41. The Morgan fingerprint density at radius 3 is 2.14 bits per heavy atom. The van der Waals surface area contributed by atoms with Crippen LogP contribution in [0.5, 0.6) is 0 Å². The van der Waals surface area contributed by atoms with Gasteiger partial charge in [-0.3, -0.25) is 14.7 Å². The van der Waals surface area contributed by atoms with Crippen molar-refractivity contribution in [3.63, 3.8) is 0 Å². The van der Waals surface area contributed by atoms with Crippen molar-refractivity contribution in [3.8, 4) is 6.07 Å². The lowest BCUT2D eigenvalue weighted by Gasteiger charge is -2.08.